The number of nitrogens with zero attached hydrogens (tertiary/aromatic N) is 1. The van der Waals surface area contributed by atoms with E-state index in [1.54, 1.807) is 0 Å². The molecule has 1 aliphatic heterocycles. The van der Waals surface area contributed by atoms with Crippen LogP contribution < -0.4 is 5.32 Å². The lowest BCUT2D eigenvalue weighted by Gasteiger charge is -2.46. The topological polar surface area (TPSA) is 95.9 Å². The van der Waals surface area contributed by atoms with Gasteiger partial charge in [-0.05, 0) is 66.7 Å². The third kappa shape index (κ3) is 2.99. The summed E-state index contributed by atoms with van der Waals surface area (Å²) in [5, 5.41) is 12.7. The quantitative estimate of drug-likeness (QED) is 0.705. The van der Waals surface area contributed by atoms with Gasteiger partial charge in [0, 0.05) is 12.5 Å². The molecule has 2 unspecified atom stereocenters. The summed E-state index contributed by atoms with van der Waals surface area (Å²) in [6.45, 7) is 0.602. The zero-order valence-corrected chi connectivity index (χ0v) is 19.0. The summed E-state index contributed by atoms with van der Waals surface area (Å²) in [6, 6.07) is 16.3. The van der Waals surface area contributed by atoms with Crippen molar-refractivity contribution < 1.29 is 24.2 Å². The number of piperidine rings is 1. The molecule has 2 saturated carbocycles. The number of aliphatic carboxylic acids is 1. The van der Waals surface area contributed by atoms with E-state index < -0.39 is 23.1 Å². The normalized spacial score (nSPS) is 25.9. The third-order valence-corrected chi connectivity index (χ3v) is 8.41. The number of nitrogens with one attached hydrogen (secondary N) is 1. The molecule has 7 nitrogen and oxygen atoms in total. The van der Waals surface area contributed by atoms with Crippen LogP contribution in [0, 0.1) is 5.92 Å². The van der Waals surface area contributed by atoms with E-state index in [2.05, 4.69) is 29.6 Å². The number of carbonyl (C=O) groups is 3. The van der Waals surface area contributed by atoms with Gasteiger partial charge in [0.1, 0.15) is 17.7 Å². The van der Waals surface area contributed by atoms with E-state index in [0.29, 0.717) is 25.8 Å². The highest BCUT2D eigenvalue weighted by Gasteiger charge is 2.68. The fourth-order valence-corrected chi connectivity index (χ4v) is 6.35. The van der Waals surface area contributed by atoms with Gasteiger partial charge in [-0.15, -0.1) is 0 Å². The Balaban J connectivity index is 1.17. The Morgan fingerprint density at radius 3 is 2.24 bits per heavy atom. The van der Waals surface area contributed by atoms with Crippen molar-refractivity contribution in [2.45, 2.75) is 55.5 Å². The second-order valence-corrected chi connectivity index (χ2v) is 10.1. The lowest BCUT2D eigenvalue weighted by Crippen LogP contribution is -2.67. The largest absolute Gasteiger partial charge is 0.479 e. The molecule has 3 aliphatic carbocycles. The molecule has 0 aromatic heterocycles. The van der Waals surface area contributed by atoms with Crippen LogP contribution in [0.1, 0.15) is 55.6 Å². The van der Waals surface area contributed by atoms with E-state index in [0.717, 1.165) is 41.5 Å². The lowest BCUT2D eigenvalue weighted by atomic mass is 9.75. The van der Waals surface area contributed by atoms with Crippen molar-refractivity contribution in [1.82, 2.24) is 10.2 Å². The number of ether oxygens (including phenoxy) is 1. The van der Waals surface area contributed by atoms with Crippen molar-refractivity contribution in [3.63, 3.8) is 0 Å². The number of carboxylic acid groups (broad SMARTS) is 1. The zero-order valence-electron chi connectivity index (χ0n) is 19.0. The first-order valence-electron chi connectivity index (χ1n) is 12.1. The molecule has 7 heteroatoms. The maximum absolute atomic E-state index is 13.6. The maximum Gasteiger partial charge on any atom is 0.408 e. The first kappa shape index (κ1) is 21.2. The zero-order chi connectivity index (χ0) is 23.5. The highest BCUT2D eigenvalue weighted by Crippen LogP contribution is 2.55. The van der Waals surface area contributed by atoms with Gasteiger partial charge in [0.05, 0.1) is 0 Å². The molecule has 2 atom stereocenters. The van der Waals surface area contributed by atoms with Gasteiger partial charge in [-0.3, -0.25) is 4.79 Å². The van der Waals surface area contributed by atoms with Crippen LogP contribution in [0.3, 0.4) is 0 Å². The lowest BCUT2D eigenvalue weighted by molar-refractivity contribution is -0.159. The third-order valence-electron chi connectivity index (χ3n) is 8.41. The van der Waals surface area contributed by atoms with E-state index in [4.69, 9.17) is 4.74 Å². The predicted molar refractivity (Wildman–Crippen MR) is 124 cm³/mol. The number of likely N-dealkylation sites (tertiary alicyclic amines) is 1. The summed E-state index contributed by atoms with van der Waals surface area (Å²) >= 11 is 0. The molecule has 34 heavy (non-hydrogen) atoms. The molecule has 1 saturated heterocycles. The average Bonchev–Trinajstić information content (AvgIpc) is 3.51. The molecule has 2 aromatic rings. The van der Waals surface area contributed by atoms with Crippen LogP contribution in [0.5, 0.6) is 0 Å². The van der Waals surface area contributed by atoms with Crippen molar-refractivity contribution in [3.05, 3.63) is 59.7 Å². The van der Waals surface area contributed by atoms with Crippen molar-refractivity contribution in [3.8, 4) is 11.1 Å². The molecule has 4 aliphatic rings. The molecule has 3 fully saturated rings. The van der Waals surface area contributed by atoms with Gasteiger partial charge in [-0.25, -0.2) is 9.59 Å². The summed E-state index contributed by atoms with van der Waals surface area (Å²) in [4.78, 5) is 40.0. The molecule has 2 N–H and O–H groups in total. The number of hydrogen-bond donors (Lipinski definition) is 2. The van der Waals surface area contributed by atoms with Gasteiger partial charge in [-0.2, -0.15) is 0 Å². The molecule has 1 heterocycles. The van der Waals surface area contributed by atoms with Gasteiger partial charge in [0.15, 0.2) is 0 Å². The Morgan fingerprint density at radius 2 is 1.65 bits per heavy atom. The molecule has 0 spiro atoms. The number of fused-ring (bicyclic) bond motifs is 4. The molecule has 0 bridgehead atoms. The number of benzene rings is 2. The van der Waals surface area contributed by atoms with E-state index in [1.165, 1.54) is 4.90 Å². The second kappa shape index (κ2) is 7.58. The molecule has 176 valence electrons. The summed E-state index contributed by atoms with van der Waals surface area (Å²) in [5.41, 5.74) is 2.42. The number of carboxylic acids is 1. The van der Waals surface area contributed by atoms with Crippen LogP contribution >= 0.6 is 0 Å². The van der Waals surface area contributed by atoms with Gasteiger partial charge in [-0.1, -0.05) is 48.5 Å². The van der Waals surface area contributed by atoms with E-state index in [-0.39, 0.29) is 24.3 Å². The number of rotatable bonds is 5. The number of amides is 2. The summed E-state index contributed by atoms with van der Waals surface area (Å²) < 4.78 is 5.68. The minimum absolute atomic E-state index is 0.0225. The molecular formula is C27H28N2O5. The Bertz CT molecular complexity index is 1140. The van der Waals surface area contributed by atoms with E-state index in [9.17, 15) is 19.5 Å². The monoisotopic (exact) mass is 460 g/mol. The van der Waals surface area contributed by atoms with Crippen LogP contribution in [-0.2, 0) is 14.3 Å². The van der Waals surface area contributed by atoms with Crippen molar-refractivity contribution in [2.24, 2.45) is 5.92 Å². The van der Waals surface area contributed by atoms with Crippen LogP contribution in [0.2, 0.25) is 0 Å². The molecule has 2 amide bonds. The first-order chi connectivity index (χ1) is 16.5. The fourth-order valence-electron chi connectivity index (χ4n) is 6.35. The minimum atomic E-state index is -1.08. The van der Waals surface area contributed by atoms with Gasteiger partial charge in [0.2, 0.25) is 5.91 Å². The van der Waals surface area contributed by atoms with Crippen LogP contribution in [0.15, 0.2) is 48.5 Å². The number of carbonyl (C=O) groups excluding carboxylic acids is 2. The Labute approximate surface area is 198 Å². The average molecular weight is 461 g/mol. The second-order valence-electron chi connectivity index (χ2n) is 10.1. The maximum atomic E-state index is 13.6. The molecule has 0 radical (unpaired) electrons. The molecule has 2 aromatic carbocycles. The Kier molecular flexibility index (Phi) is 4.73. The van der Waals surface area contributed by atoms with E-state index >= 15 is 0 Å². The highest BCUT2D eigenvalue weighted by atomic mass is 16.5. The first-order valence-corrected chi connectivity index (χ1v) is 12.1. The van der Waals surface area contributed by atoms with Crippen molar-refractivity contribution in [1.29, 1.82) is 0 Å². The summed E-state index contributed by atoms with van der Waals surface area (Å²) in [6.07, 6.45) is 3.35. The van der Waals surface area contributed by atoms with Gasteiger partial charge < -0.3 is 20.1 Å². The molecular weight excluding hydrogens is 432 g/mol. The number of alkyl carbamates (subject to hydrolysis) is 1. The summed E-state index contributed by atoms with van der Waals surface area (Å²) in [7, 11) is 0. The van der Waals surface area contributed by atoms with Crippen molar-refractivity contribution in [2.75, 3.05) is 13.2 Å². The van der Waals surface area contributed by atoms with Gasteiger partial charge >= 0.3 is 12.1 Å². The SMILES string of the molecule is O=C(NC1(C(=O)N2CCCC3CC32C(=O)O)CCC1)OCC1c2ccccc2-c2ccccc21. The predicted octanol–water partition coefficient (Wildman–Crippen LogP) is 3.91. The summed E-state index contributed by atoms with van der Waals surface area (Å²) in [5.74, 6) is -1.23. The Hall–Kier alpha value is -3.35. The van der Waals surface area contributed by atoms with Crippen LogP contribution in [-0.4, -0.2) is 52.2 Å². The van der Waals surface area contributed by atoms with E-state index in [1.807, 2.05) is 24.3 Å². The minimum Gasteiger partial charge on any atom is -0.479 e. The number of hydrogen-bond acceptors (Lipinski definition) is 4. The highest BCUT2D eigenvalue weighted by molar-refractivity contribution is 5.97. The smallest absolute Gasteiger partial charge is 0.408 e. The standard InChI is InChI=1S/C27H28N2O5/c30-23(29-14-5-7-17-15-27(17,29)24(31)32)26(12-6-13-26)28-25(33)34-16-22-20-10-3-1-8-18(20)19-9-2-4-11-21(19)22/h1-4,8-11,17,22H,5-7,12-16H2,(H,28,33)(H,31,32). The fraction of sp³-hybridized carbons (Fsp3) is 0.444. The molecule has 6 rings (SSSR count). The van der Waals surface area contributed by atoms with Crippen molar-refractivity contribution >= 4 is 18.0 Å². The van der Waals surface area contributed by atoms with Crippen LogP contribution in [0.4, 0.5) is 4.79 Å². The Morgan fingerprint density at radius 1 is 1.00 bits per heavy atom. The van der Waals surface area contributed by atoms with Crippen LogP contribution in [0.25, 0.3) is 11.1 Å². The van der Waals surface area contributed by atoms with Gasteiger partial charge in [0.25, 0.3) is 0 Å².